The van der Waals surface area contributed by atoms with E-state index in [1.165, 1.54) is 54.5 Å². The van der Waals surface area contributed by atoms with Crippen LogP contribution in [0.25, 0.3) is 54.5 Å². The predicted molar refractivity (Wildman–Crippen MR) is 107 cm³/mol. The molecule has 0 aliphatic rings. The molecule has 0 aliphatic carbocycles. The minimum Gasteiger partial charge on any atom is -0.354 e. The van der Waals surface area contributed by atoms with E-state index in [0.717, 1.165) is 0 Å². The second-order valence-corrected chi connectivity index (χ2v) is 6.75. The third-order valence-electron chi connectivity index (χ3n) is 5.32. The van der Waals surface area contributed by atoms with Crippen molar-refractivity contribution >= 4 is 43.2 Å². The summed E-state index contributed by atoms with van der Waals surface area (Å²) in [5, 5.41) is 9.24. The Morgan fingerprint density at radius 2 is 1.28 bits per heavy atom. The number of hydrogen-bond acceptors (Lipinski definition) is 0. The van der Waals surface area contributed by atoms with E-state index in [-0.39, 0.29) is 0 Å². The van der Waals surface area contributed by atoms with Gasteiger partial charge in [-0.05, 0) is 44.6 Å². The fourth-order valence-electron chi connectivity index (χ4n) is 4.19. The number of fused-ring (bicyclic) bond motifs is 2. The van der Waals surface area contributed by atoms with Gasteiger partial charge in [-0.2, -0.15) is 0 Å². The highest BCUT2D eigenvalue weighted by Crippen LogP contribution is 2.39. The van der Waals surface area contributed by atoms with Crippen LogP contribution in [0.2, 0.25) is 0 Å². The Hall–Kier alpha value is -3.32. The summed E-state index contributed by atoms with van der Waals surface area (Å²) in [6.07, 6.45) is 0. The van der Waals surface area contributed by atoms with Crippen LogP contribution in [0.5, 0.6) is 0 Å². The molecule has 0 saturated carbocycles. The summed E-state index contributed by atoms with van der Waals surface area (Å²) < 4.78 is 0. The Bertz CT molecular complexity index is 1360. The molecule has 1 heterocycles. The van der Waals surface area contributed by atoms with E-state index in [0.29, 0.717) is 0 Å². The number of aromatic amines is 1. The molecule has 25 heavy (non-hydrogen) atoms. The van der Waals surface area contributed by atoms with Gasteiger partial charge in [0.1, 0.15) is 0 Å². The van der Waals surface area contributed by atoms with Crippen LogP contribution in [-0.2, 0) is 0 Å². The maximum atomic E-state index is 3.67. The monoisotopic (exact) mass is 317 g/mol. The number of rotatable bonds is 1. The highest BCUT2D eigenvalue weighted by molar-refractivity contribution is 6.28. The molecule has 0 unspecified atom stereocenters. The third kappa shape index (κ3) is 1.72. The maximum absolute atomic E-state index is 3.67. The van der Waals surface area contributed by atoms with Gasteiger partial charge in [0.05, 0.1) is 5.52 Å². The highest BCUT2D eigenvalue weighted by atomic mass is 14.7. The van der Waals surface area contributed by atoms with E-state index in [1.54, 1.807) is 0 Å². The average Bonchev–Trinajstić information content (AvgIpc) is 3.10. The molecule has 0 bridgehead atoms. The lowest BCUT2D eigenvalue weighted by molar-refractivity contribution is 1.46. The van der Waals surface area contributed by atoms with Crippen molar-refractivity contribution in [3.8, 4) is 11.3 Å². The predicted octanol–water partition coefficient (Wildman–Crippen LogP) is 6.73. The molecular weight excluding hydrogens is 302 g/mol. The van der Waals surface area contributed by atoms with Crippen LogP contribution < -0.4 is 0 Å². The summed E-state index contributed by atoms with van der Waals surface area (Å²) >= 11 is 0. The molecule has 1 N–H and O–H groups in total. The van der Waals surface area contributed by atoms with Crippen LogP contribution in [0.3, 0.4) is 0 Å². The fraction of sp³-hybridized carbons (Fsp3) is 0. The van der Waals surface area contributed by atoms with Crippen LogP contribution in [0, 0.1) is 0 Å². The van der Waals surface area contributed by atoms with Crippen molar-refractivity contribution in [1.29, 1.82) is 0 Å². The van der Waals surface area contributed by atoms with E-state index >= 15 is 0 Å². The lowest BCUT2D eigenvalue weighted by Crippen LogP contribution is -1.84. The van der Waals surface area contributed by atoms with Crippen LogP contribution in [-0.4, -0.2) is 4.98 Å². The first kappa shape index (κ1) is 13.0. The lowest BCUT2D eigenvalue weighted by Gasteiger charge is -2.11. The molecule has 5 aromatic carbocycles. The van der Waals surface area contributed by atoms with E-state index in [2.05, 4.69) is 89.9 Å². The van der Waals surface area contributed by atoms with Crippen molar-refractivity contribution in [2.45, 2.75) is 0 Å². The number of nitrogens with one attached hydrogen (secondary N) is 1. The van der Waals surface area contributed by atoms with Gasteiger partial charge < -0.3 is 4.98 Å². The van der Waals surface area contributed by atoms with Crippen LogP contribution >= 0.6 is 0 Å². The van der Waals surface area contributed by atoms with Gasteiger partial charge in [0.25, 0.3) is 0 Å². The molecule has 0 atom stereocenters. The van der Waals surface area contributed by atoms with E-state index < -0.39 is 0 Å². The summed E-state index contributed by atoms with van der Waals surface area (Å²) in [4.78, 5) is 3.67. The zero-order valence-electron chi connectivity index (χ0n) is 13.6. The molecular formula is C24H15N. The summed E-state index contributed by atoms with van der Waals surface area (Å²) in [6, 6.07) is 30.6. The van der Waals surface area contributed by atoms with E-state index in [9.17, 15) is 0 Å². The van der Waals surface area contributed by atoms with Crippen LogP contribution in [0.4, 0.5) is 0 Å². The molecule has 0 radical (unpaired) electrons. The minimum atomic E-state index is 1.17. The minimum absolute atomic E-state index is 1.17. The first-order chi connectivity index (χ1) is 12.4. The Kier molecular flexibility index (Phi) is 2.40. The smallest absolute Gasteiger partial charge is 0.0539 e. The van der Waals surface area contributed by atoms with E-state index in [1.807, 2.05) is 0 Å². The SMILES string of the molecule is c1ccc(-c2cc3cc4ccc5cccc6ccc(c3[nH]2)c4c56)cc1. The normalized spacial score (nSPS) is 12.0. The van der Waals surface area contributed by atoms with Gasteiger partial charge in [-0.1, -0.05) is 72.8 Å². The summed E-state index contributed by atoms with van der Waals surface area (Å²) in [5.41, 5.74) is 3.62. The van der Waals surface area contributed by atoms with Gasteiger partial charge in [-0.3, -0.25) is 0 Å². The number of benzene rings is 5. The van der Waals surface area contributed by atoms with Gasteiger partial charge in [0, 0.05) is 16.5 Å². The topological polar surface area (TPSA) is 15.8 Å². The van der Waals surface area contributed by atoms with Crippen LogP contribution in [0.15, 0.2) is 84.9 Å². The second kappa shape index (κ2) is 4.61. The van der Waals surface area contributed by atoms with Gasteiger partial charge >= 0.3 is 0 Å². The highest BCUT2D eigenvalue weighted by Gasteiger charge is 2.13. The molecule has 0 saturated heterocycles. The van der Waals surface area contributed by atoms with Crippen molar-refractivity contribution in [3.05, 3.63) is 84.9 Å². The van der Waals surface area contributed by atoms with Crippen molar-refractivity contribution in [2.24, 2.45) is 0 Å². The molecule has 116 valence electrons. The second-order valence-electron chi connectivity index (χ2n) is 6.75. The van der Waals surface area contributed by atoms with Gasteiger partial charge in [0.15, 0.2) is 0 Å². The van der Waals surface area contributed by atoms with Crippen molar-refractivity contribution in [2.75, 3.05) is 0 Å². The Labute approximate surface area is 144 Å². The maximum Gasteiger partial charge on any atom is 0.0539 e. The quantitative estimate of drug-likeness (QED) is 0.323. The number of hydrogen-bond donors (Lipinski definition) is 1. The van der Waals surface area contributed by atoms with Gasteiger partial charge in [-0.15, -0.1) is 0 Å². The number of aromatic nitrogens is 1. The molecule has 1 aromatic heterocycles. The standard InChI is InChI=1S/C24H15N/c1-2-5-15(6-3-1)21-14-19-13-18-10-9-16-7-4-8-17-11-12-20(24(19)25-21)23(18)22(16)17/h1-14,25H. The summed E-state index contributed by atoms with van der Waals surface area (Å²) in [6.45, 7) is 0. The first-order valence-corrected chi connectivity index (χ1v) is 8.63. The van der Waals surface area contributed by atoms with Crippen molar-refractivity contribution < 1.29 is 0 Å². The molecule has 0 fully saturated rings. The zero-order chi connectivity index (χ0) is 16.4. The third-order valence-corrected chi connectivity index (χ3v) is 5.32. The molecule has 1 heteroatoms. The Morgan fingerprint density at radius 3 is 2.12 bits per heavy atom. The molecule has 1 nitrogen and oxygen atoms in total. The van der Waals surface area contributed by atoms with Gasteiger partial charge in [-0.25, -0.2) is 0 Å². The zero-order valence-corrected chi connectivity index (χ0v) is 13.6. The molecule has 6 rings (SSSR count). The largest absolute Gasteiger partial charge is 0.354 e. The molecule has 0 aliphatic heterocycles. The average molecular weight is 317 g/mol. The first-order valence-electron chi connectivity index (χ1n) is 8.63. The fourth-order valence-corrected chi connectivity index (χ4v) is 4.19. The number of H-pyrrole nitrogens is 1. The van der Waals surface area contributed by atoms with Crippen molar-refractivity contribution in [3.63, 3.8) is 0 Å². The van der Waals surface area contributed by atoms with E-state index in [4.69, 9.17) is 0 Å². The summed E-state index contributed by atoms with van der Waals surface area (Å²) in [7, 11) is 0. The lowest BCUT2D eigenvalue weighted by atomic mass is 9.93. The molecule has 6 aromatic rings. The van der Waals surface area contributed by atoms with Gasteiger partial charge in [0.2, 0.25) is 0 Å². The Balaban J connectivity index is 1.80. The molecule has 0 spiro atoms. The Morgan fingerprint density at radius 1 is 0.520 bits per heavy atom. The summed E-state index contributed by atoms with van der Waals surface area (Å²) in [5.74, 6) is 0. The van der Waals surface area contributed by atoms with Crippen molar-refractivity contribution in [1.82, 2.24) is 4.98 Å². The van der Waals surface area contributed by atoms with Crippen LogP contribution in [0.1, 0.15) is 0 Å². The molecule has 0 amide bonds.